The predicted octanol–water partition coefficient (Wildman–Crippen LogP) is 2.13. The number of nitro benzene ring substituents is 1. The van der Waals surface area contributed by atoms with E-state index >= 15 is 0 Å². The number of carbonyl (C=O) groups excluding carboxylic acids is 1. The largest absolute Gasteiger partial charge is 0.470 e. The number of aromatic nitrogens is 2. The molecule has 1 aromatic carbocycles. The molecule has 0 bridgehead atoms. The van der Waals surface area contributed by atoms with Crippen molar-refractivity contribution in [3.63, 3.8) is 0 Å². The number of ether oxygens (including phenoxy) is 1. The molecule has 9 heteroatoms. The number of amides is 1. The first kappa shape index (κ1) is 18.6. The SMILES string of the molecule is CN(C)c1nccnc1OC1CCCN(C(=O)c2ccccc2[N+](=O)[O-])C1. The lowest BCUT2D eigenvalue weighted by atomic mass is 10.1. The van der Waals surface area contributed by atoms with Crippen molar-refractivity contribution < 1.29 is 14.5 Å². The Morgan fingerprint density at radius 2 is 2.04 bits per heavy atom. The Kier molecular flexibility index (Phi) is 5.49. The Bertz CT molecular complexity index is 842. The first-order valence-electron chi connectivity index (χ1n) is 8.65. The van der Waals surface area contributed by atoms with Gasteiger partial charge in [0.1, 0.15) is 11.7 Å². The standard InChI is InChI=1S/C18H21N5O4/c1-21(2)16-17(20-10-9-19-16)27-13-6-5-11-22(12-13)18(24)14-7-3-4-8-15(14)23(25)26/h3-4,7-10,13H,5-6,11-12H2,1-2H3. The Balaban J connectivity index is 1.75. The highest BCUT2D eigenvalue weighted by atomic mass is 16.6. The highest BCUT2D eigenvalue weighted by Gasteiger charge is 2.30. The Morgan fingerprint density at radius 3 is 2.78 bits per heavy atom. The lowest BCUT2D eigenvalue weighted by Gasteiger charge is -2.33. The summed E-state index contributed by atoms with van der Waals surface area (Å²) in [5.74, 6) is 0.662. The quantitative estimate of drug-likeness (QED) is 0.586. The van der Waals surface area contributed by atoms with Gasteiger partial charge in [-0.2, -0.15) is 0 Å². The second kappa shape index (κ2) is 7.98. The van der Waals surface area contributed by atoms with Crippen LogP contribution in [0, 0.1) is 10.1 Å². The van der Waals surface area contributed by atoms with Gasteiger partial charge < -0.3 is 14.5 Å². The van der Waals surface area contributed by atoms with Crippen molar-refractivity contribution in [3.05, 3.63) is 52.3 Å². The summed E-state index contributed by atoms with van der Waals surface area (Å²) in [6.07, 6.45) is 4.41. The number of para-hydroxylation sites is 1. The molecule has 0 radical (unpaired) electrons. The molecule has 0 N–H and O–H groups in total. The molecule has 3 rings (SSSR count). The predicted molar refractivity (Wildman–Crippen MR) is 99.0 cm³/mol. The molecule has 1 aliphatic heterocycles. The smallest absolute Gasteiger partial charge is 0.282 e. The van der Waals surface area contributed by atoms with Gasteiger partial charge >= 0.3 is 0 Å². The second-order valence-electron chi connectivity index (χ2n) is 6.49. The van der Waals surface area contributed by atoms with Crippen LogP contribution in [0.15, 0.2) is 36.7 Å². The number of nitrogens with zero attached hydrogens (tertiary/aromatic N) is 5. The third-order valence-corrected chi connectivity index (χ3v) is 4.34. The fourth-order valence-electron chi connectivity index (χ4n) is 3.07. The number of piperidine rings is 1. The van der Waals surface area contributed by atoms with Crippen molar-refractivity contribution >= 4 is 17.4 Å². The van der Waals surface area contributed by atoms with Crippen LogP contribution >= 0.6 is 0 Å². The highest BCUT2D eigenvalue weighted by Crippen LogP contribution is 2.26. The first-order chi connectivity index (χ1) is 13.0. The van der Waals surface area contributed by atoms with Gasteiger partial charge in [0.25, 0.3) is 17.5 Å². The number of carbonyl (C=O) groups is 1. The molecule has 0 aliphatic carbocycles. The van der Waals surface area contributed by atoms with Crippen molar-refractivity contribution in [3.8, 4) is 5.88 Å². The van der Waals surface area contributed by atoms with Crippen LogP contribution in [0.5, 0.6) is 5.88 Å². The summed E-state index contributed by atoms with van der Waals surface area (Å²) < 4.78 is 6.00. The van der Waals surface area contributed by atoms with E-state index in [4.69, 9.17) is 4.74 Å². The van der Waals surface area contributed by atoms with Gasteiger partial charge in [-0.1, -0.05) is 12.1 Å². The second-order valence-corrected chi connectivity index (χ2v) is 6.49. The van der Waals surface area contributed by atoms with Gasteiger partial charge in [-0.05, 0) is 18.9 Å². The summed E-state index contributed by atoms with van der Waals surface area (Å²) in [5.41, 5.74) is -0.0917. The van der Waals surface area contributed by atoms with Crippen molar-refractivity contribution in [2.45, 2.75) is 18.9 Å². The van der Waals surface area contributed by atoms with Gasteiger partial charge in [-0.25, -0.2) is 9.97 Å². The van der Waals surface area contributed by atoms with Crippen molar-refractivity contribution in [1.82, 2.24) is 14.9 Å². The normalized spacial score (nSPS) is 16.7. The zero-order valence-electron chi connectivity index (χ0n) is 15.2. The molecule has 27 heavy (non-hydrogen) atoms. The number of nitro groups is 1. The minimum Gasteiger partial charge on any atom is -0.470 e. The number of hydrogen-bond donors (Lipinski definition) is 0. The van der Waals surface area contributed by atoms with Gasteiger partial charge in [0.15, 0.2) is 5.82 Å². The van der Waals surface area contributed by atoms with Gasteiger partial charge in [0.2, 0.25) is 0 Å². The van der Waals surface area contributed by atoms with Crippen molar-refractivity contribution in [2.24, 2.45) is 0 Å². The van der Waals surface area contributed by atoms with Crippen molar-refractivity contribution in [2.75, 3.05) is 32.1 Å². The lowest BCUT2D eigenvalue weighted by molar-refractivity contribution is -0.385. The Hall–Kier alpha value is -3.23. The molecular weight excluding hydrogens is 350 g/mol. The Morgan fingerprint density at radius 1 is 1.30 bits per heavy atom. The van der Waals surface area contributed by atoms with Crippen LogP contribution < -0.4 is 9.64 Å². The lowest BCUT2D eigenvalue weighted by Crippen LogP contribution is -2.44. The third kappa shape index (κ3) is 4.13. The van der Waals surface area contributed by atoms with Gasteiger partial charge in [-0.3, -0.25) is 14.9 Å². The zero-order valence-corrected chi connectivity index (χ0v) is 15.2. The van der Waals surface area contributed by atoms with Gasteiger partial charge in [0, 0.05) is 39.1 Å². The van der Waals surface area contributed by atoms with Gasteiger partial charge in [0.05, 0.1) is 11.5 Å². The Labute approximate surface area is 156 Å². The van der Waals surface area contributed by atoms with E-state index in [1.165, 1.54) is 12.1 Å². The number of likely N-dealkylation sites (tertiary alicyclic amines) is 1. The van der Waals surface area contributed by atoms with E-state index in [0.29, 0.717) is 24.8 Å². The summed E-state index contributed by atoms with van der Waals surface area (Å²) in [5, 5.41) is 11.2. The molecular formula is C18H21N5O4. The average Bonchev–Trinajstić information content (AvgIpc) is 2.68. The van der Waals surface area contributed by atoms with Crippen LogP contribution in [0.2, 0.25) is 0 Å². The average molecular weight is 371 g/mol. The summed E-state index contributed by atoms with van der Waals surface area (Å²) in [4.78, 5) is 35.4. The summed E-state index contributed by atoms with van der Waals surface area (Å²) in [7, 11) is 3.70. The van der Waals surface area contributed by atoms with E-state index in [9.17, 15) is 14.9 Å². The summed E-state index contributed by atoms with van der Waals surface area (Å²) in [6, 6.07) is 6.00. The minimum atomic E-state index is -0.534. The number of benzene rings is 1. The number of rotatable bonds is 5. The van der Waals surface area contributed by atoms with E-state index < -0.39 is 4.92 Å². The summed E-state index contributed by atoms with van der Waals surface area (Å²) in [6.45, 7) is 0.875. The molecule has 1 unspecified atom stereocenters. The highest BCUT2D eigenvalue weighted by molar-refractivity contribution is 5.98. The topological polar surface area (TPSA) is 102 Å². The minimum absolute atomic E-state index is 0.0941. The van der Waals surface area contributed by atoms with E-state index in [1.54, 1.807) is 34.3 Å². The van der Waals surface area contributed by atoms with Crippen LogP contribution in [-0.4, -0.2) is 59.0 Å². The molecule has 142 valence electrons. The maximum Gasteiger partial charge on any atom is 0.282 e. The van der Waals surface area contributed by atoms with Crippen LogP contribution in [0.4, 0.5) is 11.5 Å². The van der Waals surface area contributed by atoms with E-state index in [2.05, 4.69) is 9.97 Å². The summed E-state index contributed by atoms with van der Waals surface area (Å²) >= 11 is 0. The maximum absolute atomic E-state index is 12.8. The molecule has 0 saturated carbocycles. The van der Waals surface area contributed by atoms with E-state index in [1.807, 2.05) is 14.1 Å². The molecule has 1 aromatic heterocycles. The van der Waals surface area contributed by atoms with Crippen LogP contribution in [0.3, 0.4) is 0 Å². The zero-order chi connectivity index (χ0) is 19.4. The van der Waals surface area contributed by atoms with Crippen LogP contribution in [0.25, 0.3) is 0 Å². The molecule has 9 nitrogen and oxygen atoms in total. The monoisotopic (exact) mass is 371 g/mol. The van der Waals surface area contributed by atoms with E-state index in [-0.39, 0.29) is 23.3 Å². The van der Waals surface area contributed by atoms with Gasteiger partial charge in [-0.15, -0.1) is 0 Å². The van der Waals surface area contributed by atoms with Crippen LogP contribution in [-0.2, 0) is 0 Å². The first-order valence-corrected chi connectivity index (χ1v) is 8.65. The fraction of sp³-hybridized carbons (Fsp3) is 0.389. The third-order valence-electron chi connectivity index (χ3n) is 4.34. The molecule has 0 spiro atoms. The molecule has 1 amide bonds. The molecule has 2 heterocycles. The molecule has 1 atom stereocenters. The van der Waals surface area contributed by atoms with Crippen LogP contribution in [0.1, 0.15) is 23.2 Å². The molecule has 1 saturated heterocycles. The molecule has 1 fully saturated rings. The molecule has 1 aliphatic rings. The fourth-order valence-corrected chi connectivity index (χ4v) is 3.07. The van der Waals surface area contributed by atoms with Crippen molar-refractivity contribution in [1.29, 1.82) is 0 Å². The molecule has 2 aromatic rings. The number of anilines is 1. The maximum atomic E-state index is 12.8. The van der Waals surface area contributed by atoms with E-state index in [0.717, 1.165) is 12.8 Å². The number of hydrogen-bond acceptors (Lipinski definition) is 7.